The van der Waals surface area contributed by atoms with Gasteiger partial charge in [0.15, 0.2) is 5.16 Å². The highest BCUT2D eigenvalue weighted by Gasteiger charge is 2.25. The van der Waals surface area contributed by atoms with E-state index < -0.39 is 0 Å². The van der Waals surface area contributed by atoms with E-state index in [1.165, 1.54) is 0 Å². The van der Waals surface area contributed by atoms with E-state index in [2.05, 4.69) is 35.2 Å². The molecule has 3 rings (SSSR count). The van der Waals surface area contributed by atoms with Gasteiger partial charge in [0, 0.05) is 16.9 Å². The number of ether oxygens (including phenoxy) is 1. The lowest BCUT2D eigenvalue weighted by atomic mass is 10.1. The molecule has 1 aliphatic rings. The molecule has 0 aliphatic heterocycles. The van der Waals surface area contributed by atoms with Crippen LogP contribution in [0.4, 0.5) is 5.82 Å². The molecule has 0 unspecified atom stereocenters. The molecule has 124 valence electrons. The van der Waals surface area contributed by atoms with Gasteiger partial charge in [-0.2, -0.15) is 5.26 Å². The number of anilines is 1. The van der Waals surface area contributed by atoms with E-state index in [-0.39, 0.29) is 0 Å². The van der Waals surface area contributed by atoms with Crippen LogP contribution >= 0.6 is 11.8 Å². The first kappa shape index (κ1) is 16.6. The van der Waals surface area contributed by atoms with Gasteiger partial charge in [0.05, 0.1) is 12.8 Å². The van der Waals surface area contributed by atoms with Crippen molar-refractivity contribution in [2.24, 2.45) is 0 Å². The van der Waals surface area contributed by atoms with Crippen LogP contribution in [0.1, 0.15) is 32.3 Å². The highest BCUT2D eigenvalue weighted by Crippen LogP contribution is 2.33. The van der Waals surface area contributed by atoms with Crippen LogP contribution in [0.5, 0.6) is 5.75 Å². The molecule has 0 spiro atoms. The fraction of sp³-hybridized carbons (Fsp3) is 0.389. The summed E-state index contributed by atoms with van der Waals surface area (Å²) in [6.45, 7) is 4.21. The average molecular weight is 340 g/mol. The summed E-state index contributed by atoms with van der Waals surface area (Å²) in [6.07, 6.45) is 2.25. The van der Waals surface area contributed by atoms with E-state index in [0.29, 0.717) is 33.5 Å². The van der Waals surface area contributed by atoms with Crippen LogP contribution in [-0.4, -0.2) is 28.4 Å². The summed E-state index contributed by atoms with van der Waals surface area (Å²) >= 11 is 1.60. The van der Waals surface area contributed by atoms with Gasteiger partial charge in [0.25, 0.3) is 0 Å². The molecule has 1 aromatic heterocycles. The van der Waals surface area contributed by atoms with Crippen LogP contribution in [0, 0.1) is 11.3 Å². The summed E-state index contributed by atoms with van der Waals surface area (Å²) in [6, 6.07) is 10.3. The number of nitrogens with one attached hydrogen (secondary N) is 1. The smallest absolute Gasteiger partial charge is 0.190 e. The largest absolute Gasteiger partial charge is 0.497 e. The van der Waals surface area contributed by atoms with Crippen LogP contribution in [-0.2, 0) is 0 Å². The second-order valence-corrected chi connectivity index (χ2v) is 7.55. The van der Waals surface area contributed by atoms with E-state index >= 15 is 0 Å². The van der Waals surface area contributed by atoms with Gasteiger partial charge >= 0.3 is 0 Å². The van der Waals surface area contributed by atoms with Gasteiger partial charge in [-0.1, -0.05) is 25.6 Å². The lowest BCUT2D eigenvalue weighted by molar-refractivity contribution is 0.415. The SMILES string of the molecule is COc1ccc(-c2nc(SC(C)C)nc(NC3CC3)c2C#N)cc1. The van der Waals surface area contributed by atoms with Crippen LogP contribution in [0.3, 0.4) is 0 Å². The average Bonchev–Trinajstić information content (AvgIpc) is 3.38. The molecule has 24 heavy (non-hydrogen) atoms. The normalized spacial score (nSPS) is 13.6. The van der Waals surface area contributed by atoms with Crippen molar-refractivity contribution >= 4 is 17.6 Å². The molecule has 6 heteroatoms. The molecule has 2 aromatic rings. The zero-order valence-electron chi connectivity index (χ0n) is 14.0. The van der Waals surface area contributed by atoms with E-state index in [1.54, 1.807) is 18.9 Å². The predicted molar refractivity (Wildman–Crippen MR) is 96.4 cm³/mol. The summed E-state index contributed by atoms with van der Waals surface area (Å²) in [4.78, 5) is 9.22. The fourth-order valence-electron chi connectivity index (χ4n) is 2.29. The zero-order chi connectivity index (χ0) is 17.1. The Bertz CT molecular complexity index is 764. The lowest BCUT2D eigenvalue weighted by Gasteiger charge is -2.13. The molecule has 5 nitrogen and oxygen atoms in total. The number of thioether (sulfide) groups is 1. The molecule has 1 heterocycles. The van der Waals surface area contributed by atoms with Crippen molar-refractivity contribution in [3.8, 4) is 23.1 Å². The standard InChI is InChI=1S/C18H20N4OS/c1-11(2)24-18-21-16(12-4-8-14(23-3)9-5-12)15(10-19)17(22-18)20-13-6-7-13/h4-5,8-9,11,13H,6-7H2,1-3H3,(H,20,21,22). The number of hydrogen-bond acceptors (Lipinski definition) is 6. The molecular weight excluding hydrogens is 320 g/mol. The Kier molecular flexibility index (Phi) is 4.91. The number of methoxy groups -OCH3 is 1. The fourth-order valence-corrected chi connectivity index (χ4v) is 3.00. The molecule has 1 N–H and O–H groups in total. The Morgan fingerprint density at radius 3 is 2.50 bits per heavy atom. The van der Waals surface area contributed by atoms with Crippen molar-refractivity contribution in [3.05, 3.63) is 29.8 Å². The summed E-state index contributed by atoms with van der Waals surface area (Å²) in [7, 11) is 1.63. The maximum Gasteiger partial charge on any atom is 0.190 e. The quantitative estimate of drug-likeness (QED) is 0.630. The summed E-state index contributed by atoms with van der Waals surface area (Å²) in [5.74, 6) is 1.42. The van der Waals surface area contributed by atoms with Crippen LogP contribution in [0.2, 0.25) is 0 Å². The maximum absolute atomic E-state index is 9.67. The first-order valence-corrected chi connectivity index (χ1v) is 8.88. The number of benzene rings is 1. The van der Waals surface area contributed by atoms with Gasteiger partial charge in [-0.25, -0.2) is 9.97 Å². The third kappa shape index (κ3) is 3.80. The van der Waals surface area contributed by atoms with Crippen LogP contribution in [0.15, 0.2) is 29.4 Å². The highest BCUT2D eigenvalue weighted by molar-refractivity contribution is 7.99. The van der Waals surface area contributed by atoms with Crippen molar-refractivity contribution in [3.63, 3.8) is 0 Å². The molecule has 0 amide bonds. The molecule has 0 saturated heterocycles. The predicted octanol–water partition coefficient (Wildman–Crippen LogP) is 4.10. The molecular formula is C18H20N4OS. The van der Waals surface area contributed by atoms with Crippen LogP contribution in [0.25, 0.3) is 11.3 Å². The Morgan fingerprint density at radius 1 is 1.25 bits per heavy atom. The van der Waals surface area contributed by atoms with Gasteiger partial charge in [-0.3, -0.25) is 0 Å². The van der Waals surface area contributed by atoms with Gasteiger partial charge < -0.3 is 10.1 Å². The molecule has 1 saturated carbocycles. The summed E-state index contributed by atoms with van der Waals surface area (Å²) in [5.41, 5.74) is 2.06. The summed E-state index contributed by atoms with van der Waals surface area (Å²) in [5, 5.41) is 14.1. The molecule has 1 fully saturated rings. The van der Waals surface area contributed by atoms with E-state index in [9.17, 15) is 5.26 Å². The maximum atomic E-state index is 9.67. The minimum atomic E-state index is 0.371. The second kappa shape index (κ2) is 7.10. The number of aromatic nitrogens is 2. The van der Waals surface area contributed by atoms with Crippen molar-refractivity contribution < 1.29 is 4.74 Å². The third-order valence-electron chi connectivity index (χ3n) is 3.62. The first-order chi connectivity index (χ1) is 11.6. The first-order valence-electron chi connectivity index (χ1n) is 8.00. The minimum Gasteiger partial charge on any atom is -0.497 e. The van der Waals surface area contributed by atoms with Gasteiger partial charge in [-0.05, 0) is 37.1 Å². The molecule has 1 aliphatic carbocycles. The minimum absolute atomic E-state index is 0.371. The van der Waals surface area contributed by atoms with Crippen LogP contribution < -0.4 is 10.1 Å². The molecule has 0 atom stereocenters. The van der Waals surface area contributed by atoms with E-state index in [1.807, 2.05) is 24.3 Å². The zero-order valence-corrected chi connectivity index (χ0v) is 14.9. The number of hydrogen-bond donors (Lipinski definition) is 1. The monoisotopic (exact) mass is 340 g/mol. The van der Waals surface area contributed by atoms with Gasteiger partial charge in [0.1, 0.15) is 23.2 Å². The summed E-state index contributed by atoms with van der Waals surface area (Å²) < 4.78 is 5.21. The Morgan fingerprint density at radius 2 is 1.96 bits per heavy atom. The molecule has 0 bridgehead atoms. The number of rotatable bonds is 6. The third-order valence-corrected chi connectivity index (χ3v) is 4.49. The molecule has 0 radical (unpaired) electrons. The van der Waals surface area contributed by atoms with Crippen molar-refractivity contribution in [1.82, 2.24) is 9.97 Å². The lowest BCUT2D eigenvalue weighted by Crippen LogP contribution is -2.09. The highest BCUT2D eigenvalue weighted by atomic mass is 32.2. The Hall–Kier alpha value is -2.26. The van der Waals surface area contributed by atoms with Crippen molar-refractivity contribution in [2.75, 3.05) is 12.4 Å². The topological polar surface area (TPSA) is 70.8 Å². The van der Waals surface area contributed by atoms with Crippen molar-refractivity contribution in [2.45, 2.75) is 43.1 Å². The van der Waals surface area contributed by atoms with E-state index in [4.69, 9.17) is 4.74 Å². The second-order valence-electron chi connectivity index (χ2n) is 6.00. The Balaban J connectivity index is 2.07. The number of nitriles is 1. The van der Waals surface area contributed by atoms with E-state index in [0.717, 1.165) is 24.2 Å². The van der Waals surface area contributed by atoms with Gasteiger partial charge in [-0.15, -0.1) is 0 Å². The van der Waals surface area contributed by atoms with Crippen molar-refractivity contribution in [1.29, 1.82) is 5.26 Å². The molecule has 1 aromatic carbocycles. The Labute approximate surface area is 146 Å². The number of nitrogens with zero attached hydrogens (tertiary/aromatic N) is 3. The van der Waals surface area contributed by atoms with Gasteiger partial charge in [0.2, 0.25) is 0 Å².